The zero-order chi connectivity index (χ0) is 9.42. The minimum Gasteiger partial charge on any atom is -0.507 e. The number of nitrogens with zero attached hydrogens (tertiary/aromatic N) is 2. The van der Waals surface area contributed by atoms with Crippen molar-refractivity contribution in [2.75, 3.05) is 0 Å². The van der Waals surface area contributed by atoms with Crippen molar-refractivity contribution in [3.05, 3.63) is 17.7 Å². The highest BCUT2D eigenvalue weighted by Gasteiger charge is 2.16. The first-order valence-corrected chi connectivity index (χ1v) is 4.15. The predicted octanol–water partition coefficient (Wildman–Crippen LogP) is 1.10. The fourth-order valence-corrected chi connectivity index (χ4v) is 1.74. The van der Waals surface area contributed by atoms with Crippen LogP contribution >= 0.6 is 11.5 Å². The third kappa shape index (κ3) is 1.11. The number of carbonyl (C=O) groups is 1. The van der Waals surface area contributed by atoms with E-state index >= 15 is 0 Å². The SMILES string of the molecule is O=C(O)c1c(O)ccc2nnsc12. The van der Waals surface area contributed by atoms with Crippen LogP contribution in [0.25, 0.3) is 10.2 Å². The van der Waals surface area contributed by atoms with E-state index in [4.69, 9.17) is 5.11 Å². The first-order chi connectivity index (χ1) is 6.20. The summed E-state index contributed by atoms with van der Waals surface area (Å²) in [5.74, 6) is -1.43. The molecule has 0 saturated carbocycles. The van der Waals surface area contributed by atoms with E-state index in [0.29, 0.717) is 10.2 Å². The lowest BCUT2D eigenvalue weighted by Crippen LogP contribution is -1.96. The summed E-state index contributed by atoms with van der Waals surface area (Å²) in [6, 6.07) is 2.83. The largest absolute Gasteiger partial charge is 0.507 e. The van der Waals surface area contributed by atoms with Gasteiger partial charge in [0.1, 0.15) is 16.8 Å². The van der Waals surface area contributed by atoms with Gasteiger partial charge in [-0.05, 0) is 23.7 Å². The van der Waals surface area contributed by atoms with Gasteiger partial charge in [-0.1, -0.05) is 4.49 Å². The predicted molar refractivity (Wildman–Crippen MR) is 46.0 cm³/mol. The zero-order valence-corrected chi connectivity index (χ0v) is 7.08. The Morgan fingerprint density at radius 1 is 1.46 bits per heavy atom. The molecule has 5 nitrogen and oxygen atoms in total. The molecule has 0 aliphatic carbocycles. The molecule has 1 heterocycles. The van der Waals surface area contributed by atoms with Gasteiger partial charge in [0, 0.05) is 0 Å². The molecule has 2 N–H and O–H groups in total. The lowest BCUT2D eigenvalue weighted by atomic mass is 10.2. The van der Waals surface area contributed by atoms with Crippen LogP contribution in [0, 0.1) is 0 Å². The summed E-state index contributed by atoms with van der Waals surface area (Å²) < 4.78 is 4.00. The summed E-state index contributed by atoms with van der Waals surface area (Å²) in [7, 11) is 0. The summed E-state index contributed by atoms with van der Waals surface area (Å²) in [4.78, 5) is 10.7. The third-order valence-corrected chi connectivity index (χ3v) is 2.37. The van der Waals surface area contributed by atoms with Gasteiger partial charge in [0.25, 0.3) is 0 Å². The molecule has 0 fully saturated rings. The highest BCUT2D eigenvalue weighted by molar-refractivity contribution is 7.13. The summed E-state index contributed by atoms with van der Waals surface area (Å²) in [6.45, 7) is 0. The molecule has 0 spiro atoms. The molecule has 0 amide bonds. The number of hydrogen-bond acceptors (Lipinski definition) is 5. The van der Waals surface area contributed by atoms with E-state index in [-0.39, 0.29) is 11.3 Å². The van der Waals surface area contributed by atoms with Gasteiger partial charge >= 0.3 is 5.97 Å². The Balaban J connectivity index is 2.88. The maximum absolute atomic E-state index is 10.7. The number of aromatic nitrogens is 2. The van der Waals surface area contributed by atoms with E-state index in [1.54, 1.807) is 0 Å². The molecule has 0 unspecified atom stereocenters. The van der Waals surface area contributed by atoms with Crippen LogP contribution in [0.1, 0.15) is 10.4 Å². The van der Waals surface area contributed by atoms with E-state index in [1.165, 1.54) is 12.1 Å². The lowest BCUT2D eigenvalue weighted by molar-refractivity contribution is 0.0696. The zero-order valence-electron chi connectivity index (χ0n) is 6.26. The molecule has 2 rings (SSSR count). The van der Waals surface area contributed by atoms with Crippen molar-refractivity contribution in [2.45, 2.75) is 0 Å². The molecule has 0 radical (unpaired) electrons. The Hall–Kier alpha value is -1.69. The second-order valence-electron chi connectivity index (χ2n) is 2.39. The quantitative estimate of drug-likeness (QED) is 0.713. The Morgan fingerprint density at radius 2 is 2.23 bits per heavy atom. The van der Waals surface area contributed by atoms with Crippen LogP contribution in [0.4, 0.5) is 0 Å². The van der Waals surface area contributed by atoms with Crippen LogP contribution in [-0.4, -0.2) is 25.8 Å². The molecule has 1 aromatic heterocycles. The number of aromatic hydroxyl groups is 1. The van der Waals surface area contributed by atoms with Gasteiger partial charge in [0.05, 0.1) is 4.70 Å². The van der Waals surface area contributed by atoms with Crippen LogP contribution in [0.3, 0.4) is 0 Å². The number of hydrogen-bond donors (Lipinski definition) is 2. The molecule has 0 atom stereocenters. The molecule has 0 bridgehead atoms. The van der Waals surface area contributed by atoms with E-state index in [1.807, 2.05) is 0 Å². The van der Waals surface area contributed by atoms with E-state index in [0.717, 1.165) is 11.5 Å². The molecule has 0 aliphatic heterocycles. The molecule has 0 saturated heterocycles. The molecular weight excluding hydrogens is 192 g/mol. The van der Waals surface area contributed by atoms with Crippen molar-refractivity contribution >= 4 is 27.7 Å². The number of carboxylic acids is 1. The molecule has 13 heavy (non-hydrogen) atoms. The fraction of sp³-hybridized carbons (Fsp3) is 0. The van der Waals surface area contributed by atoms with Gasteiger partial charge in [-0.2, -0.15) is 0 Å². The van der Waals surface area contributed by atoms with E-state index < -0.39 is 5.97 Å². The third-order valence-electron chi connectivity index (χ3n) is 1.61. The number of phenols is 1. The summed E-state index contributed by atoms with van der Waals surface area (Å²) in [6.07, 6.45) is 0. The van der Waals surface area contributed by atoms with Crippen molar-refractivity contribution in [1.82, 2.24) is 9.59 Å². The highest BCUT2D eigenvalue weighted by Crippen LogP contribution is 2.27. The van der Waals surface area contributed by atoms with Crippen LogP contribution in [0.15, 0.2) is 12.1 Å². The second kappa shape index (κ2) is 2.67. The smallest absolute Gasteiger partial charge is 0.341 e. The highest BCUT2D eigenvalue weighted by atomic mass is 32.1. The first kappa shape index (κ1) is 7.93. The van der Waals surface area contributed by atoms with Gasteiger partial charge in [-0.15, -0.1) is 5.10 Å². The summed E-state index contributed by atoms with van der Waals surface area (Å²) in [5, 5.41) is 21.7. The maximum atomic E-state index is 10.7. The van der Waals surface area contributed by atoms with Crippen molar-refractivity contribution in [3.8, 4) is 5.75 Å². The molecule has 1 aromatic carbocycles. The van der Waals surface area contributed by atoms with Gasteiger partial charge in [0.2, 0.25) is 0 Å². The van der Waals surface area contributed by atoms with Gasteiger partial charge in [-0.25, -0.2) is 4.79 Å². The number of rotatable bonds is 1. The van der Waals surface area contributed by atoms with Gasteiger partial charge < -0.3 is 10.2 Å². The average Bonchev–Trinajstić information content (AvgIpc) is 2.50. The van der Waals surface area contributed by atoms with Crippen LogP contribution in [0.2, 0.25) is 0 Å². The van der Waals surface area contributed by atoms with Crippen LogP contribution in [0.5, 0.6) is 5.75 Å². The number of carboxylic acid groups (broad SMARTS) is 1. The summed E-state index contributed by atoms with van der Waals surface area (Å²) >= 11 is 0.954. The van der Waals surface area contributed by atoms with Crippen LogP contribution in [-0.2, 0) is 0 Å². The van der Waals surface area contributed by atoms with Gasteiger partial charge in [-0.3, -0.25) is 0 Å². The normalized spacial score (nSPS) is 10.5. The molecule has 0 aliphatic rings. The van der Waals surface area contributed by atoms with Crippen molar-refractivity contribution < 1.29 is 15.0 Å². The van der Waals surface area contributed by atoms with Crippen molar-refractivity contribution in [1.29, 1.82) is 0 Å². The fourth-order valence-electron chi connectivity index (χ4n) is 1.04. The van der Waals surface area contributed by atoms with Crippen LogP contribution < -0.4 is 0 Å². The first-order valence-electron chi connectivity index (χ1n) is 3.37. The monoisotopic (exact) mass is 196 g/mol. The maximum Gasteiger partial charge on any atom is 0.341 e. The molecule has 2 aromatic rings. The topological polar surface area (TPSA) is 83.3 Å². The Morgan fingerprint density at radius 3 is 2.92 bits per heavy atom. The number of aromatic carboxylic acids is 1. The lowest BCUT2D eigenvalue weighted by Gasteiger charge is -1.97. The number of benzene rings is 1. The molecule has 6 heteroatoms. The Labute approximate surface area is 76.4 Å². The standard InChI is InChI=1S/C7H4N2O3S/c10-4-2-1-3-6(13-9-8-3)5(4)7(11)12/h1-2,10H,(H,11,12). The van der Waals surface area contributed by atoms with Gasteiger partial charge in [0.15, 0.2) is 0 Å². The Bertz CT molecular complexity index is 480. The second-order valence-corrected chi connectivity index (χ2v) is 3.14. The van der Waals surface area contributed by atoms with Crippen molar-refractivity contribution in [2.24, 2.45) is 0 Å². The minimum absolute atomic E-state index is 0.132. The Kier molecular flexibility index (Phi) is 1.63. The average molecular weight is 196 g/mol. The summed E-state index contributed by atoms with van der Waals surface area (Å²) in [5.41, 5.74) is 0.354. The van der Waals surface area contributed by atoms with E-state index in [2.05, 4.69) is 9.59 Å². The molecular formula is C7H4N2O3S. The van der Waals surface area contributed by atoms with E-state index in [9.17, 15) is 9.90 Å². The van der Waals surface area contributed by atoms with Crippen molar-refractivity contribution in [3.63, 3.8) is 0 Å². The molecule has 66 valence electrons. The number of fused-ring (bicyclic) bond motifs is 1. The minimum atomic E-state index is -1.17.